The number of thioether (sulfide) groups is 1. The molecule has 4 unspecified atom stereocenters. The molecular formula is C30H38N6O6S. The molecule has 13 heteroatoms. The van der Waals surface area contributed by atoms with E-state index in [1.807, 2.05) is 36.6 Å². The number of carboxylic acids is 1. The third-order valence-electron chi connectivity index (χ3n) is 6.91. The van der Waals surface area contributed by atoms with Gasteiger partial charge in [0.2, 0.25) is 23.6 Å². The molecule has 9 N–H and O–H groups in total. The molecule has 2 aromatic carbocycles. The van der Waals surface area contributed by atoms with Gasteiger partial charge in [0.15, 0.2) is 0 Å². The van der Waals surface area contributed by atoms with Crippen molar-refractivity contribution in [3.8, 4) is 0 Å². The first-order valence-electron chi connectivity index (χ1n) is 13.8. The highest BCUT2D eigenvalue weighted by molar-refractivity contribution is 7.98. The molecule has 0 saturated carbocycles. The monoisotopic (exact) mass is 610 g/mol. The Morgan fingerprint density at radius 2 is 1.47 bits per heavy atom. The first-order chi connectivity index (χ1) is 20.6. The summed E-state index contributed by atoms with van der Waals surface area (Å²) in [6.07, 6.45) is 3.85. The third kappa shape index (κ3) is 10.1. The molecule has 4 amide bonds. The number of nitrogens with one attached hydrogen (secondary N) is 4. The van der Waals surface area contributed by atoms with Crippen LogP contribution < -0.4 is 27.4 Å². The van der Waals surface area contributed by atoms with Crippen LogP contribution in [-0.4, -0.2) is 75.9 Å². The van der Waals surface area contributed by atoms with Gasteiger partial charge in [0.05, 0.1) is 6.04 Å². The third-order valence-corrected chi connectivity index (χ3v) is 7.56. The number of carboxylic acid groups (broad SMARTS) is 1. The van der Waals surface area contributed by atoms with Crippen LogP contribution in [0.1, 0.15) is 30.4 Å². The van der Waals surface area contributed by atoms with Crippen LogP contribution in [0.5, 0.6) is 0 Å². The Hall–Kier alpha value is -4.36. The summed E-state index contributed by atoms with van der Waals surface area (Å²) in [5.74, 6) is -3.25. The zero-order chi connectivity index (χ0) is 31.4. The van der Waals surface area contributed by atoms with Gasteiger partial charge in [-0.05, 0) is 42.0 Å². The number of benzene rings is 2. The van der Waals surface area contributed by atoms with E-state index in [-0.39, 0.29) is 32.1 Å². The number of nitrogens with two attached hydrogens (primary N) is 2. The number of H-pyrrole nitrogens is 1. The number of aromatic amines is 1. The van der Waals surface area contributed by atoms with E-state index in [0.29, 0.717) is 5.75 Å². The number of aromatic nitrogens is 1. The summed E-state index contributed by atoms with van der Waals surface area (Å²) in [6.45, 7) is 0. The number of fused-ring (bicyclic) bond motifs is 1. The number of hydrogen-bond acceptors (Lipinski definition) is 7. The Morgan fingerprint density at radius 1 is 0.837 bits per heavy atom. The summed E-state index contributed by atoms with van der Waals surface area (Å²) in [4.78, 5) is 66.2. The summed E-state index contributed by atoms with van der Waals surface area (Å²) in [7, 11) is 0. The Labute approximate surface area is 253 Å². The number of amides is 4. The SMILES string of the molecule is CSCCC(NC(=O)C(Cc1c[nH]c2ccccc12)NC(=O)C(N)CCC(N)=O)C(=O)NC(Cc1ccccc1)C(=O)O. The molecule has 0 spiro atoms. The fourth-order valence-electron chi connectivity index (χ4n) is 4.54. The topological polar surface area (TPSA) is 209 Å². The van der Waals surface area contributed by atoms with Crippen molar-refractivity contribution in [1.82, 2.24) is 20.9 Å². The molecule has 43 heavy (non-hydrogen) atoms. The summed E-state index contributed by atoms with van der Waals surface area (Å²) < 4.78 is 0. The van der Waals surface area contributed by atoms with E-state index in [4.69, 9.17) is 11.5 Å². The van der Waals surface area contributed by atoms with E-state index in [9.17, 15) is 29.1 Å². The van der Waals surface area contributed by atoms with Crippen LogP contribution in [0.15, 0.2) is 60.8 Å². The second kappa shape index (κ2) is 16.3. The lowest BCUT2D eigenvalue weighted by Crippen LogP contribution is -2.58. The van der Waals surface area contributed by atoms with Gasteiger partial charge >= 0.3 is 5.97 Å². The number of hydrogen-bond donors (Lipinski definition) is 7. The van der Waals surface area contributed by atoms with Crippen LogP contribution >= 0.6 is 11.8 Å². The second-order valence-electron chi connectivity index (χ2n) is 10.2. The lowest BCUT2D eigenvalue weighted by Gasteiger charge is -2.25. The second-order valence-corrected chi connectivity index (χ2v) is 11.2. The van der Waals surface area contributed by atoms with Gasteiger partial charge in [-0.15, -0.1) is 0 Å². The van der Waals surface area contributed by atoms with Gasteiger partial charge in [-0.3, -0.25) is 19.2 Å². The number of carbonyl (C=O) groups is 5. The van der Waals surface area contributed by atoms with Gasteiger partial charge in [-0.1, -0.05) is 48.5 Å². The van der Waals surface area contributed by atoms with Crippen LogP contribution in [0.25, 0.3) is 10.9 Å². The molecule has 230 valence electrons. The first kappa shape index (κ1) is 33.1. The molecule has 0 radical (unpaired) electrons. The molecule has 0 saturated heterocycles. The molecular weight excluding hydrogens is 572 g/mol. The minimum atomic E-state index is -1.21. The molecule has 12 nitrogen and oxygen atoms in total. The maximum Gasteiger partial charge on any atom is 0.326 e. The lowest BCUT2D eigenvalue weighted by molar-refractivity contribution is -0.142. The minimum Gasteiger partial charge on any atom is -0.480 e. The van der Waals surface area contributed by atoms with Gasteiger partial charge in [0.1, 0.15) is 18.1 Å². The average molecular weight is 611 g/mol. The van der Waals surface area contributed by atoms with Crippen molar-refractivity contribution < 1.29 is 29.1 Å². The minimum absolute atomic E-state index is 0.000658. The van der Waals surface area contributed by atoms with Crippen molar-refractivity contribution in [2.24, 2.45) is 11.5 Å². The van der Waals surface area contributed by atoms with Crippen molar-refractivity contribution in [1.29, 1.82) is 0 Å². The van der Waals surface area contributed by atoms with E-state index >= 15 is 0 Å². The molecule has 1 heterocycles. The molecule has 1 aromatic heterocycles. The summed E-state index contributed by atoms with van der Waals surface area (Å²) >= 11 is 1.46. The number of para-hydroxylation sites is 1. The fourth-order valence-corrected chi connectivity index (χ4v) is 5.01. The Balaban J connectivity index is 1.80. The molecule has 0 aliphatic carbocycles. The van der Waals surface area contributed by atoms with Gasteiger partial charge in [-0.25, -0.2) is 4.79 Å². The maximum atomic E-state index is 13.7. The normalized spacial score (nSPS) is 13.8. The van der Waals surface area contributed by atoms with Crippen molar-refractivity contribution >= 4 is 52.3 Å². The quantitative estimate of drug-likeness (QED) is 0.116. The first-order valence-corrected chi connectivity index (χ1v) is 15.2. The Kier molecular flexibility index (Phi) is 12.6. The van der Waals surface area contributed by atoms with E-state index in [0.717, 1.165) is 22.0 Å². The van der Waals surface area contributed by atoms with Gasteiger partial charge < -0.3 is 37.5 Å². The van der Waals surface area contributed by atoms with Crippen molar-refractivity contribution in [2.45, 2.75) is 56.3 Å². The fraction of sp³-hybridized carbons (Fsp3) is 0.367. The highest BCUT2D eigenvalue weighted by Crippen LogP contribution is 2.19. The largest absolute Gasteiger partial charge is 0.480 e. The predicted octanol–water partition coefficient (Wildman–Crippen LogP) is 0.838. The lowest BCUT2D eigenvalue weighted by atomic mass is 10.0. The molecule has 0 aliphatic rings. The molecule has 3 rings (SSSR count). The summed E-state index contributed by atoms with van der Waals surface area (Å²) in [6, 6.07) is 11.9. The van der Waals surface area contributed by atoms with E-state index in [1.54, 1.807) is 30.5 Å². The number of primary amides is 1. The van der Waals surface area contributed by atoms with Gasteiger partial charge in [0.25, 0.3) is 0 Å². The van der Waals surface area contributed by atoms with Crippen LogP contribution in [0.3, 0.4) is 0 Å². The Bertz CT molecular complexity index is 1410. The molecule has 0 bridgehead atoms. The zero-order valence-electron chi connectivity index (χ0n) is 23.9. The van der Waals surface area contributed by atoms with Crippen molar-refractivity contribution in [3.05, 3.63) is 71.9 Å². The molecule has 3 aromatic rings. The molecule has 0 fully saturated rings. The summed E-state index contributed by atoms with van der Waals surface area (Å²) in [5.41, 5.74) is 13.5. The van der Waals surface area contributed by atoms with E-state index in [2.05, 4.69) is 20.9 Å². The van der Waals surface area contributed by atoms with Gasteiger partial charge in [-0.2, -0.15) is 11.8 Å². The maximum absolute atomic E-state index is 13.7. The molecule has 4 atom stereocenters. The standard InChI is InChI=1S/C30H38N6O6S/c1-43-14-13-23(28(39)36-25(30(41)42)15-18-7-3-2-4-8-18)34-29(40)24(35-27(38)21(31)11-12-26(32)37)16-19-17-33-22-10-6-5-9-20(19)22/h2-10,17,21,23-25,33H,11-16,31H2,1H3,(H2,32,37)(H,34,40)(H,35,38)(H,36,39)(H,41,42). The smallest absolute Gasteiger partial charge is 0.326 e. The van der Waals surface area contributed by atoms with Crippen molar-refractivity contribution in [3.63, 3.8) is 0 Å². The average Bonchev–Trinajstić information content (AvgIpc) is 3.40. The van der Waals surface area contributed by atoms with Crippen LogP contribution in [-0.2, 0) is 36.8 Å². The predicted molar refractivity (Wildman–Crippen MR) is 165 cm³/mol. The highest BCUT2D eigenvalue weighted by Gasteiger charge is 2.31. The number of aliphatic carboxylic acids is 1. The van der Waals surface area contributed by atoms with Crippen LogP contribution in [0.4, 0.5) is 0 Å². The van der Waals surface area contributed by atoms with Crippen LogP contribution in [0, 0.1) is 0 Å². The number of rotatable bonds is 17. The van der Waals surface area contributed by atoms with Crippen LogP contribution in [0.2, 0.25) is 0 Å². The van der Waals surface area contributed by atoms with Crippen molar-refractivity contribution in [2.75, 3.05) is 12.0 Å². The highest BCUT2D eigenvalue weighted by atomic mass is 32.2. The number of carbonyl (C=O) groups excluding carboxylic acids is 4. The Morgan fingerprint density at radius 3 is 2.14 bits per heavy atom. The zero-order valence-corrected chi connectivity index (χ0v) is 24.7. The van der Waals surface area contributed by atoms with E-state index in [1.165, 1.54) is 11.8 Å². The van der Waals surface area contributed by atoms with E-state index < -0.39 is 53.8 Å². The van der Waals surface area contributed by atoms with Gasteiger partial charge in [0, 0.05) is 36.4 Å². The summed E-state index contributed by atoms with van der Waals surface area (Å²) in [5, 5.41) is 18.6. The molecule has 0 aliphatic heterocycles.